The normalized spacial score (nSPS) is 19.2. The molecule has 0 aliphatic carbocycles. The van der Waals surface area contributed by atoms with E-state index in [9.17, 15) is 9.18 Å². The monoisotopic (exact) mass is 426 g/mol. The zero-order valence-electron chi connectivity index (χ0n) is 18.4. The molecule has 0 radical (unpaired) electrons. The number of aliphatic imine (C=N–C) groups is 1. The number of amides is 1. The lowest BCUT2D eigenvalue weighted by atomic mass is 10.1. The van der Waals surface area contributed by atoms with Gasteiger partial charge in [0.05, 0.1) is 12.2 Å². The van der Waals surface area contributed by atoms with Crippen LogP contribution >= 0.6 is 0 Å². The Morgan fingerprint density at radius 1 is 1.10 bits per heavy atom. The number of ether oxygens (including phenoxy) is 1. The molecule has 7 heteroatoms. The van der Waals surface area contributed by atoms with Crippen LogP contribution in [0, 0.1) is 5.82 Å². The van der Waals surface area contributed by atoms with E-state index in [1.165, 1.54) is 6.07 Å². The average molecular weight is 427 g/mol. The molecule has 1 amide bonds. The Balaban J connectivity index is 1.47. The number of carbonyl (C=O) groups is 1. The first kappa shape index (κ1) is 22.7. The summed E-state index contributed by atoms with van der Waals surface area (Å²) in [5.41, 5.74) is 2.39. The maximum Gasteiger partial charge on any atom is 0.254 e. The number of hydrogen-bond acceptors (Lipinski definition) is 3. The molecule has 166 valence electrons. The zero-order chi connectivity index (χ0) is 22.2. The number of guanidine groups is 1. The molecular weight excluding hydrogens is 395 g/mol. The van der Waals surface area contributed by atoms with Crippen LogP contribution in [0.5, 0.6) is 0 Å². The molecule has 1 heterocycles. The van der Waals surface area contributed by atoms with Gasteiger partial charge in [-0.15, -0.1) is 0 Å². The molecule has 6 nitrogen and oxygen atoms in total. The highest BCUT2D eigenvalue weighted by molar-refractivity contribution is 5.94. The molecule has 1 aliphatic rings. The maximum atomic E-state index is 13.7. The molecule has 0 aromatic heterocycles. The van der Waals surface area contributed by atoms with Crippen molar-refractivity contribution in [1.82, 2.24) is 15.5 Å². The Morgan fingerprint density at radius 3 is 2.42 bits per heavy atom. The summed E-state index contributed by atoms with van der Waals surface area (Å²) in [5.74, 6) is 0.489. The van der Waals surface area contributed by atoms with Crippen LogP contribution in [0.15, 0.2) is 53.5 Å². The molecule has 3 rings (SSSR count). The number of carbonyl (C=O) groups excluding carboxylic acids is 1. The second kappa shape index (κ2) is 10.9. The molecule has 1 saturated heterocycles. The van der Waals surface area contributed by atoms with E-state index in [0.29, 0.717) is 49.7 Å². The fraction of sp³-hybridized carbons (Fsp3) is 0.417. The summed E-state index contributed by atoms with van der Waals surface area (Å²) in [6, 6.07) is 14.4. The van der Waals surface area contributed by atoms with Crippen LogP contribution in [0.4, 0.5) is 4.39 Å². The molecule has 0 spiro atoms. The van der Waals surface area contributed by atoms with Crippen molar-refractivity contribution in [3.8, 4) is 0 Å². The van der Waals surface area contributed by atoms with E-state index in [-0.39, 0.29) is 23.9 Å². The molecule has 0 saturated carbocycles. The third kappa shape index (κ3) is 6.52. The molecule has 31 heavy (non-hydrogen) atoms. The number of halogens is 1. The second-order valence-corrected chi connectivity index (χ2v) is 7.86. The molecule has 2 aromatic rings. The van der Waals surface area contributed by atoms with Crippen molar-refractivity contribution < 1.29 is 13.9 Å². The Labute approximate surface area is 183 Å². The SMILES string of the molecule is CN=C(NCCc1ccccc1F)NCc1ccc(C(=O)N2CC(C)OC(C)C2)cc1. The quantitative estimate of drug-likeness (QED) is 0.551. The van der Waals surface area contributed by atoms with Gasteiger partial charge >= 0.3 is 0 Å². The highest BCUT2D eigenvalue weighted by Gasteiger charge is 2.26. The Kier molecular flexibility index (Phi) is 8.00. The Morgan fingerprint density at radius 2 is 1.77 bits per heavy atom. The van der Waals surface area contributed by atoms with Gasteiger partial charge in [-0.25, -0.2) is 4.39 Å². The summed E-state index contributed by atoms with van der Waals surface area (Å²) >= 11 is 0. The van der Waals surface area contributed by atoms with Crippen molar-refractivity contribution in [2.45, 2.75) is 39.0 Å². The molecular formula is C24H31FN4O2. The summed E-state index contributed by atoms with van der Waals surface area (Å²) < 4.78 is 19.4. The third-order valence-corrected chi connectivity index (χ3v) is 5.24. The van der Waals surface area contributed by atoms with E-state index in [1.807, 2.05) is 49.1 Å². The summed E-state index contributed by atoms with van der Waals surface area (Å²) in [6.45, 7) is 6.34. The molecule has 2 N–H and O–H groups in total. The van der Waals surface area contributed by atoms with Gasteiger partial charge in [-0.1, -0.05) is 30.3 Å². The van der Waals surface area contributed by atoms with Crippen molar-refractivity contribution >= 4 is 11.9 Å². The first-order valence-corrected chi connectivity index (χ1v) is 10.7. The van der Waals surface area contributed by atoms with Gasteiger partial charge in [0, 0.05) is 38.8 Å². The average Bonchev–Trinajstić information content (AvgIpc) is 2.76. The van der Waals surface area contributed by atoms with Crippen molar-refractivity contribution in [3.05, 3.63) is 71.0 Å². The minimum absolute atomic E-state index is 0.0344. The molecule has 1 fully saturated rings. The lowest BCUT2D eigenvalue weighted by Gasteiger charge is -2.35. The standard InChI is InChI=1S/C24H31FN4O2/c1-17-15-29(16-18(2)31-17)23(30)21-10-8-19(9-11-21)14-28-24(26-3)27-13-12-20-6-4-5-7-22(20)25/h4-11,17-18H,12-16H2,1-3H3,(H2,26,27,28). The Hall–Kier alpha value is -2.93. The van der Waals surface area contributed by atoms with Crippen molar-refractivity contribution in [1.29, 1.82) is 0 Å². The van der Waals surface area contributed by atoms with Gasteiger partial charge in [0.15, 0.2) is 5.96 Å². The van der Waals surface area contributed by atoms with Gasteiger partial charge in [0.1, 0.15) is 5.82 Å². The minimum Gasteiger partial charge on any atom is -0.372 e. The van der Waals surface area contributed by atoms with E-state index >= 15 is 0 Å². The number of rotatable bonds is 6. The van der Waals surface area contributed by atoms with Crippen LogP contribution < -0.4 is 10.6 Å². The van der Waals surface area contributed by atoms with Gasteiger partial charge in [-0.3, -0.25) is 9.79 Å². The molecule has 2 aromatic carbocycles. The summed E-state index contributed by atoms with van der Waals surface area (Å²) in [4.78, 5) is 18.8. The van der Waals surface area contributed by atoms with E-state index in [0.717, 1.165) is 5.56 Å². The molecule has 2 unspecified atom stereocenters. The summed E-state index contributed by atoms with van der Waals surface area (Å²) in [7, 11) is 1.70. The first-order chi connectivity index (χ1) is 15.0. The summed E-state index contributed by atoms with van der Waals surface area (Å²) in [6.07, 6.45) is 0.672. The minimum atomic E-state index is -0.192. The van der Waals surface area contributed by atoms with Crippen LogP contribution in [-0.2, 0) is 17.7 Å². The fourth-order valence-electron chi connectivity index (χ4n) is 3.71. The van der Waals surface area contributed by atoms with Crippen molar-refractivity contribution in [2.24, 2.45) is 4.99 Å². The Bertz CT molecular complexity index is 891. The number of benzene rings is 2. The van der Waals surface area contributed by atoms with Gasteiger partial charge in [0.2, 0.25) is 0 Å². The topological polar surface area (TPSA) is 66.0 Å². The summed E-state index contributed by atoms with van der Waals surface area (Å²) in [5, 5.41) is 6.44. The van der Waals surface area contributed by atoms with Crippen LogP contribution in [-0.4, -0.2) is 55.7 Å². The largest absolute Gasteiger partial charge is 0.372 e. The lowest BCUT2D eigenvalue weighted by molar-refractivity contribution is -0.0586. The zero-order valence-corrected chi connectivity index (χ0v) is 18.4. The van der Waals surface area contributed by atoms with Crippen LogP contribution in [0.25, 0.3) is 0 Å². The van der Waals surface area contributed by atoms with Gasteiger partial charge in [-0.2, -0.15) is 0 Å². The van der Waals surface area contributed by atoms with Gasteiger partial charge in [0.25, 0.3) is 5.91 Å². The van der Waals surface area contributed by atoms with Crippen LogP contribution in [0.1, 0.15) is 35.3 Å². The smallest absolute Gasteiger partial charge is 0.254 e. The second-order valence-electron chi connectivity index (χ2n) is 7.86. The van der Waals surface area contributed by atoms with Crippen LogP contribution in [0.2, 0.25) is 0 Å². The van der Waals surface area contributed by atoms with Crippen molar-refractivity contribution in [2.75, 3.05) is 26.7 Å². The van der Waals surface area contributed by atoms with Gasteiger partial charge < -0.3 is 20.3 Å². The molecule has 2 atom stereocenters. The predicted molar refractivity (Wildman–Crippen MR) is 121 cm³/mol. The van der Waals surface area contributed by atoms with Gasteiger partial charge in [-0.05, 0) is 49.6 Å². The lowest BCUT2D eigenvalue weighted by Crippen LogP contribution is -2.48. The van der Waals surface area contributed by atoms with E-state index < -0.39 is 0 Å². The van der Waals surface area contributed by atoms with E-state index in [2.05, 4.69) is 15.6 Å². The van der Waals surface area contributed by atoms with E-state index in [1.54, 1.807) is 19.2 Å². The number of hydrogen-bond donors (Lipinski definition) is 2. The van der Waals surface area contributed by atoms with Crippen molar-refractivity contribution in [3.63, 3.8) is 0 Å². The number of nitrogens with one attached hydrogen (secondary N) is 2. The predicted octanol–water partition coefficient (Wildman–Crippen LogP) is 2.98. The van der Waals surface area contributed by atoms with Crippen LogP contribution in [0.3, 0.4) is 0 Å². The maximum absolute atomic E-state index is 13.7. The third-order valence-electron chi connectivity index (χ3n) is 5.24. The highest BCUT2D eigenvalue weighted by Crippen LogP contribution is 2.15. The number of morpholine rings is 1. The highest BCUT2D eigenvalue weighted by atomic mass is 19.1. The fourth-order valence-corrected chi connectivity index (χ4v) is 3.71. The molecule has 1 aliphatic heterocycles. The first-order valence-electron chi connectivity index (χ1n) is 10.7. The van der Waals surface area contributed by atoms with E-state index in [4.69, 9.17) is 4.74 Å². The number of nitrogens with zero attached hydrogens (tertiary/aromatic N) is 2. The molecule has 0 bridgehead atoms.